The number of hydrogen-bond acceptors (Lipinski definition) is 3. The van der Waals surface area contributed by atoms with E-state index in [9.17, 15) is 9.59 Å². The van der Waals surface area contributed by atoms with Crippen LogP contribution in [0.4, 0.5) is 0 Å². The Balaban J connectivity index is 1.51. The number of carbonyl (C=O) groups excluding carboxylic acids is 2. The normalized spacial score (nSPS) is 20.0. The van der Waals surface area contributed by atoms with Gasteiger partial charge in [-0.3, -0.25) is 9.59 Å². The maximum absolute atomic E-state index is 14.8. The van der Waals surface area contributed by atoms with Crippen LogP contribution >= 0.6 is 11.8 Å². The number of fused-ring (bicyclic) bond motifs is 3. The number of hydrogen-bond donors (Lipinski definition) is 1. The molecule has 0 radical (unpaired) electrons. The lowest BCUT2D eigenvalue weighted by atomic mass is 9.83. The van der Waals surface area contributed by atoms with Gasteiger partial charge in [-0.1, -0.05) is 86.7 Å². The van der Waals surface area contributed by atoms with Crippen LogP contribution in [0, 0.1) is 6.92 Å². The van der Waals surface area contributed by atoms with Crippen molar-refractivity contribution in [3.8, 4) is 0 Å². The van der Waals surface area contributed by atoms with Gasteiger partial charge in [0.15, 0.2) is 5.54 Å². The Kier molecular flexibility index (Phi) is 7.94. The third-order valence-corrected chi connectivity index (χ3v) is 9.68. The van der Waals surface area contributed by atoms with E-state index in [0.717, 1.165) is 53.3 Å². The molecule has 1 atom stereocenters. The number of nitrogens with zero attached hydrogens (tertiary/aromatic N) is 2. The summed E-state index contributed by atoms with van der Waals surface area (Å²) < 4.78 is 2.09. The zero-order chi connectivity index (χ0) is 28.4. The molecule has 4 aromatic rings. The first-order valence-electron chi connectivity index (χ1n) is 14.9. The van der Waals surface area contributed by atoms with Crippen molar-refractivity contribution in [2.24, 2.45) is 0 Å². The largest absolute Gasteiger partial charge is 0.351 e. The summed E-state index contributed by atoms with van der Waals surface area (Å²) >= 11 is 1.69. The molecule has 212 valence electrons. The van der Waals surface area contributed by atoms with Gasteiger partial charge in [0, 0.05) is 28.4 Å². The van der Waals surface area contributed by atoms with Crippen LogP contribution in [0.3, 0.4) is 0 Å². The first-order chi connectivity index (χ1) is 20.0. The summed E-state index contributed by atoms with van der Waals surface area (Å²) in [7, 11) is 0. The fraction of sp³-hybridized carbons (Fsp3) is 0.371. The number of benzene rings is 3. The maximum Gasteiger partial charge on any atom is 0.272 e. The van der Waals surface area contributed by atoms with Crippen LogP contribution in [0.5, 0.6) is 0 Å². The highest BCUT2D eigenvalue weighted by molar-refractivity contribution is 7.98. The number of nitrogens with one attached hydrogen (secondary N) is 1. The second-order valence-corrected chi connectivity index (χ2v) is 12.5. The molecule has 1 aliphatic heterocycles. The van der Waals surface area contributed by atoms with E-state index in [2.05, 4.69) is 65.5 Å². The SMILES string of the molecule is CSc1ccc(CN2C(=O)c3cc4ccc(C)cc4n3C[C@]2(C(=O)NC2CCCCCCC2)c2ccccc2)cc1. The maximum atomic E-state index is 14.8. The first-order valence-corrected chi connectivity index (χ1v) is 16.1. The van der Waals surface area contributed by atoms with Crippen LogP contribution in [-0.4, -0.2) is 33.6 Å². The smallest absolute Gasteiger partial charge is 0.272 e. The average molecular weight is 566 g/mol. The van der Waals surface area contributed by atoms with Crippen LogP contribution in [0.2, 0.25) is 0 Å². The molecular formula is C35H39N3O2S. The highest BCUT2D eigenvalue weighted by atomic mass is 32.2. The minimum atomic E-state index is -1.19. The molecule has 6 heteroatoms. The van der Waals surface area contributed by atoms with Gasteiger partial charge in [0.2, 0.25) is 0 Å². The van der Waals surface area contributed by atoms with E-state index in [1.54, 1.807) is 11.8 Å². The van der Waals surface area contributed by atoms with Gasteiger partial charge in [-0.15, -0.1) is 11.8 Å². The van der Waals surface area contributed by atoms with Crippen LogP contribution in [0.15, 0.2) is 83.8 Å². The molecule has 0 bridgehead atoms. The van der Waals surface area contributed by atoms with Gasteiger partial charge in [-0.2, -0.15) is 0 Å². The van der Waals surface area contributed by atoms with Crippen molar-refractivity contribution < 1.29 is 9.59 Å². The van der Waals surface area contributed by atoms with Gasteiger partial charge < -0.3 is 14.8 Å². The Bertz CT molecular complexity index is 1540. The van der Waals surface area contributed by atoms with Crippen LogP contribution in [0.25, 0.3) is 10.9 Å². The summed E-state index contributed by atoms with van der Waals surface area (Å²) in [5.41, 5.74) is 3.43. The molecule has 1 fully saturated rings. The Morgan fingerprint density at radius 1 is 0.927 bits per heavy atom. The van der Waals surface area contributed by atoms with E-state index < -0.39 is 5.54 Å². The third kappa shape index (κ3) is 5.30. The van der Waals surface area contributed by atoms with Gasteiger partial charge in [0.25, 0.3) is 11.8 Å². The highest BCUT2D eigenvalue weighted by Gasteiger charge is 2.52. The molecule has 2 heterocycles. The lowest BCUT2D eigenvalue weighted by Crippen LogP contribution is -2.64. The average Bonchev–Trinajstić information content (AvgIpc) is 3.34. The molecule has 3 aromatic carbocycles. The Hall–Kier alpha value is -3.51. The molecule has 1 aromatic heterocycles. The Morgan fingerprint density at radius 3 is 2.34 bits per heavy atom. The van der Waals surface area contributed by atoms with Crippen molar-refractivity contribution in [1.29, 1.82) is 0 Å². The molecule has 0 spiro atoms. The molecule has 2 amide bonds. The van der Waals surface area contributed by atoms with Crippen molar-refractivity contribution in [2.45, 2.75) is 81.4 Å². The molecule has 6 rings (SSSR count). The van der Waals surface area contributed by atoms with Crippen LogP contribution in [0.1, 0.15) is 72.1 Å². The van der Waals surface area contributed by atoms with E-state index in [1.807, 2.05) is 41.3 Å². The number of carbonyl (C=O) groups is 2. The van der Waals surface area contributed by atoms with Crippen molar-refractivity contribution in [3.05, 3.63) is 101 Å². The number of thioether (sulfide) groups is 1. The summed E-state index contributed by atoms with van der Waals surface area (Å²) in [4.78, 5) is 32.5. The van der Waals surface area contributed by atoms with Crippen LogP contribution < -0.4 is 5.32 Å². The predicted octanol–water partition coefficient (Wildman–Crippen LogP) is 7.45. The second kappa shape index (κ2) is 11.8. The summed E-state index contributed by atoms with van der Waals surface area (Å²) in [5.74, 6) is -0.195. The predicted molar refractivity (Wildman–Crippen MR) is 167 cm³/mol. The minimum absolute atomic E-state index is 0.0801. The monoisotopic (exact) mass is 565 g/mol. The molecule has 41 heavy (non-hydrogen) atoms. The quantitative estimate of drug-likeness (QED) is 0.247. The molecular weight excluding hydrogens is 526 g/mol. The van der Waals surface area contributed by atoms with E-state index in [1.165, 1.54) is 24.2 Å². The third-order valence-electron chi connectivity index (χ3n) is 8.94. The number of aromatic nitrogens is 1. The number of amides is 2. The fourth-order valence-electron chi connectivity index (χ4n) is 6.65. The lowest BCUT2D eigenvalue weighted by molar-refractivity contribution is -0.136. The fourth-order valence-corrected chi connectivity index (χ4v) is 7.06. The van der Waals surface area contributed by atoms with Crippen molar-refractivity contribution in [1.82, 2.24) is 14.8 Å². The minimum Gasteiger partial charge on any atom is -0.351 e. The van der Waals surface area contributed by atoms with Gasteiger partial charge in [-0.25, -0.2) is 0 Å². The van der Waals surface area contributed by atoms with E-state index >= 15 is 0 Å². The first kappa shape index (κ1) is 27.6. The van der Waals surface area contributed by atoms with E-state index in [0.29, 0.717) is 18.8 Å². The summed E-state index contributed by atoms with van der Waals surface area (Å²) in [5, 5.41) is 4.50. The molecule has 5 nitrogen and oxygen atoms in total. The molecule has 1 saturated carbocycles. The van der Waals surface area contributed by atoms with Crippen molar-refractivity contribution >= 4 is 34.5 Å². The summed E-state index contributed by atoms with van der Waals surface area (Å²) in [6, 6.07) is 26.7. The van der Waals surface area contributed by atoms with Crippen molar-refractivity contribution in [2.75, 3.05) is 6.26 Å². The lowest BCUT2D eigenvalue weighted by Gasteiger charge is -2.47. The molecule has 1 aliphatic carbocycles. The molecule has 1 N–H and O–H groups in total. The molecule has 0 saturated heterocycles. The Labute approximate surface area is 247 Å². The Morgan fingerprint density at radius 2 is 1.63 bits per heavy atom. The van der Waals surface area contributed by atoms with Gasteiger partial charge in [0.1, 0.15) is 5.69 Å². The van der Waals surface area contributed by atoms with Crippen LogP contribution in [-0.2, 0) is 23.4 Å². The zero-order valence-corrected chi connectivity index (χ0v) is 24.9. The standard InChI is InChI=1S/C35H39N3O2S/c1-25-15-18-27-22-32-33(39)38(23-26-16-19-30(41-2)20-17-26)35(24-37(32)31(27)21-25,28-11-7-6-8-12-28)34(40)36-29-13-9-4-3-5-10-14-29/h6-8,11-12,15-22,29H,3-5,9-10,13-14,23-24H2,1-2H3,(H,36,40)/t35-/m1/s1. The zero-order valence-electron chi connectivity index (χ0n) is 24.1. The summed E-state index contributed by atoms with van der Waals surface area (Å²) in [6.45, 7) is 2.79. The second-order valence-electron chi connectivity index (χ2n) is 11.7. The van der Waals surface area contributed by atoms with E-state index in [-0.39, 0.29) is 17.9 Å². The highest BCUT2D eigenvalue weighted by Crippen LogP contribution is 2.41. The molecule has 2 aliphatic rings. The summed E-state index contributed by atoms with van der Waals surface area (Å²) in [6.07, 6.45) is 9.98. The van der Waals surface area contributed by atoms with Gasteiger partial charge in [-0.05, 0) is 67.0 Å². The number of rotatable bonds is 6. The number of aryl methyl sites for hydroxylation is 1. The van der Waals surface area contributed by atoms with Gasteiger partial charge >= 0.3 is 0 Å². The molecule has 0 unspecified atom stereocenters. The topological polar surface area (TPSA) is 54.3 Å². The van der Waals surface area contributed by atoms with Crippen molar-refractivity contribution in [3.63, 3.8) is 0 Å². The van der Waals surface area contributed by atoms with E-state index in [4.69, 9.17) is 0 Å². The van der Waals surface area contributed by atoms with Gasteiger partial charge in [0.05, 0.1) is 6.54 Å².